The fraction of sp³-hybridized carbons (Fsp3) is 0.355. The van der Waals surface area contributed by atoms with E-state index in [1.807, 2.05) is 0 Å². The summed E-state index contributed by atoms with van der Waals surface area (Å²) in [5.41, 5.74) is 0.636. The Morgan fingerprint density at radius 3 is 2.07 bits per heavy atom. The van der Waals surface area contributed by atoms with Crippen LogP contribution in [0.25, 0.3) is 0 Å². The molecule has 3 aromatic rings. The minimum atomic E-state index is -4.31. The summed E-state index contributed by atoms with van der Waals surface area (Å²) in [6, 6.07) is 15.1. The maximum Gasteiger partial charge on any atom is 0.264 e. The zero-order chi connectivity index (χ0) is 30.3. The average Bonchev–Trinajstić information content (AvgIpc) is 3.49. The highest BCUT2D eigenvalue weighted by atomic mass is 32.2. The van der Waals surface area contributed by atoms with Crippen molar-refractivity contribution in [2.75, 3.05) is 17.5 Å². The third kappa shape index (κ3) is 7.64. The fourth-order valence-corrected chi connectivity index (χ4v) is 6.31. The van der Waals surface area contributed by atoms with Crippen molar-refractivity contribution in [1.29, 1.82) is 0 Å². The molecule has 11 heteroatoms. The lowest BCUT2D eigenvalue weighted by Gasteiger charge is -2.32. The van der Waals surface area contributed by atoms with Crippen molar-refractivity contribution in [3.63, 3.8) is 0 Å². The summed E-state index contributed by atoms with van der Waals surface area (Å²) in [4.78, 5) is 28.4. The molecule has 1 N–H and O–H groups in total. The molecule has 224 valence electrons. The van der Waals surface area contributed by atoms with E-state index in [2.05, 4.69) is 5.32 Å². The van der Waals surface area contributed by atoms with Crippen molar-refractivity contribution in [1.82, 2.24) is 10.2 Å². The van der Waals surface area contributed by atoms with Crippen LogP contribution in [-0.4, -0.2) is 50.4 Å². The summed E-state index contributed by atoms with van der Waals surface area (Å²) in [5.74, 6) is -1.56. The lowest BCUT2D eigenvalue weighted by Crippen LogP contribution is -2.52. The standard InChI is InChI=1S/C31H35F2N3O5S/c1-3-41-28-16-18-29(19-17-28)42(39,40)36(27-14-12-25(33)13-15-27)21-30(37)35(20-23-8-10-24(32)11-9-23)22(2)31(38)34-26-6-4-5-7-26/h8-19,22,26H,3-7,20-21H2,1-2H3,(H,34,38)/t22-/m0/s1. The van der Waals surface area contributed by atoms with Crippen molar-refractivity contribution >= 4 is 27.5 Å². The van der Waals surface area contributed by atoms with Crippen LogP contribution in [0, 0.1) is 11.6 Å². The van der Waals surface area contributed by atoms with Crippen molar-refractivity contribution in [3.05, 3.63) is 90.0 Å². The van der Waals surface area contributed by atoms with Crippen LogP contribution in [-0.2, 0) is 26.2 Å². The van der Waals surface area contributed by atoms with E-state index in [4.69, 9.17) is 4.74 Å². The van der Waals surface area contributed by atoms with E-state index >= 15 is 0 Å². The number of halogens is 2. The van der Waals surface area contributed by atoms with Crippen LogP contribution in [0.15, 0.2) is 77.7 Å². The van der Waals surface area contributed by atoms with Crippen molar-refractivity contribution in [2.45, 2.75) is 63.1 Å². The number of nitrogens with one attached hydrogen (secondary N) is 1. The van der Waals surface area contributed by atoms with Crippen molar-refractivity contribution in [2.24, 2.45) is 0 Å². The van der Waals surface area contributed by atoms with E-state index in [0.29, 0.717) is 17.9 Å². The first-order valence-corrected chi connectivity index (χ1v) is 15.4. The maximum atomic E-state index is 13.9. The predicted molar refractivity (Wildman–Crippen MR) is 155 cm³/mol. The van der Waals surface area contributed by atoms with Gasteiger partial charge in [-0.3, -0.25) is 13.9 Å². The number of anilines is 1. The zero-order valence-corrected chi connectivity index (χ0v) is 24.4. The first-order chi connectivity index (χ1) is 20.1. The zero-order valence-electron chi connectivity index (χ0n) is 23.6. The van der Waals surface area contributed by atoms with Gasteiger partial charge in [0.05, 0.1) is 17.2 Å². The molecule has 1 aliphatic rings. The Morgan fingerprint density at radius 2 is 1.50 bits per heavy atom. The molecule has 4 rings (SSSR count). The smallest absolute Gasteiger partial charge is 0.264 e. The Morgan fingerprint density at radius 1 is 0.929 bits per heavy atom. The molecule has 42 heavy (non-hydrogen) atoms. The van der Waals surface area contributed by atoms with Crippen LogP contribution in [0.4, 0.5) is 14.5 Å². The molecule has 0 aliphatic heterocycles. The van der Waals surface area contributed by atoms with Gasteiger partial charge in [-0.25, -0.2) is 17.2 Å². The van der Waals surface area contributed by atoms with Crippen LogP contribution in [0.1, 0.15) is 45.1 Å². The van der Waals surface area contributed by atoms with Gasteiger partial charge >= 0.3 is 0 Å². The number of sulfonamides is 1. The largest absolute Gasteiger partial charge is 0.494 e. The van der Waals surface area contributed by atoms with E-state index in [0.717, 1.165) is 42.1 Å². The van der Waals surface area contributed by atoms with Crippen LogP contribution in [0.5, 0.6) is 5.75 Å². The quantitative estimate of drug-likeness (QED) is 0.315. The number of ether oxygens (including phenoxy) is 1. The number of hydrogen-bond acceptors (Lipinski definition) is 5. The first-order valence-electron chi connectivity index (χ1n) is 13.9. The number of benzene rings is 3. The van der Waals surface area contributed by atoms with Gasteiger partial charge in [-0.2, -0.15) is 0 Å². The number of carbonyl (C=O) groups is 2. The maximum absolute atomic E-state index is 13.9. The Bertz CT molecular complexity index is 1460. The van der Waals surface area contributed by atoms with Crippen LogP contribution >= 0.6 is 0 Å². The molecule has 0 spiro atoms. The highest BCUT2D eigenvalue weighted by Crippen LogP contribution is 2.26. The Hall–Kier alpha value is -3.99. The highest BCUT2D eigenvalue weighted by Gasteiger charge is 2.33. The average molecular weight is 600 g/mol. The molecular weight excluding hydrogens is 564 g/mol. The summed E-state index contributed by atoms with van der Waals surface area (Å²) >= 11 is 0. The number of amides is 2. The van der Waals surface area contributed by atoms with Gasteiger partial charge in [-0.05, 0) is 92.9 Å². The molecule has 1 aliphatic carbocycles. The van der Waals surface area contributed by atoms with Crippen molar-refractivity contribution < 1.29 is 31.5 Å². The number of nitrogens with zero attached hydrogens (tertiary/aromatic N) is 2. The summed E-state index contributed by atoms with van der Waals surface area (Å²) < 4.78 is 61.4. The minimum absolute atomic E-state index is 0.0125. The molecule has 0 saturated heterocycles. The van der Waals surface area contributed by atoms with Gasteiger partial charge in [0.25, 0.3) is 10.0 Å². The van der Waals surface area contributed by atoms with E-state index < -0.39 is 40.2 Å². The van der Waals surface area contributed by atoms with Crippen LogP contribution in [0.3, 0.4) is 0 Å². The predicted octanol–water partition coefficient (Wildman–Crippen LogP) is 5.03. The summed E-state index contributed by atoms with van der Waals surface area (Å²) in [6.45, 7) is 3.06. The van der Waals surface area contributed by atoms with Gasteiger partial charge in [0.1, 0.15) is 30.0 Å². The third-order valence-corrected chi connectivity index (χ3v) is 9.04. The molecule has 1 atom stereocenters. The number of rotatable bonds is 12. The number of hydrogen-bond donors (Lipinski definition) is 1. The highest BCUT2D eigenvalue weighted by molar-refractivity contribution is 7.92. The molecule has 0 unspecified atom stereocenters. The second-order valence-corrected chi connectivity index (χ2v) is 12.1. The second-order valence-electron chi connectivity index (χ2n) is 10.2. The molecule has 0 bridgehead atoms. The van der Waals surface area contributed by atoms with Gasteiger partial charge in [0.15, 0.2) is 0 Å². The Labute approximate surface area is 245 Å². The van der Waals surface area contributed by atoms with Gasteiger partial charge in [-0.15, -0.1) is 0 Å². The first kappa shape index (κ1) is 31.0. The molecular formula is C31H35F2N3O5S. The molecule has 0 aromatic heterocycles. The van der Waals surface area contributed by atoms with Crippen molar-refractivity contribution in [3.8, 4) is 5.75 Å². The molecule has 0 heterocycles. The van der Waals surface area contributed by atoms with E-state index in [-0.39, 0.29) is 29.1 Å². The lowest BCUT2D eigenvalue weighted by molar-refractivity contribution is -0.139. The lowest BCUT2D eigenvalue weighted by atomic mass is 10.1. The minimum Gasteiger partial charge on any atom is -0.494 e. The molecule has 3 aromatic carbocycles. The normalized spacial score (nSPS) is 14.3. The SMILES string of the molecule is CCOc1ccc(S(=O)(=O)N(CC(=O)N(Cc2ccc(F)cc2)[C@@H](C)C(=O)NC2CCCC2)c2ccc(F)cc2)cc1. The fourth-order valence-electron chi connectivity index (χ4n) is 4.90. The van der Waals surface area contributed by atoms with Gasteiger partial charge in [0, 0.05) is 12.6 Å². The second kappa shape index (κ2) is 13.8. The molecule has 8 nitrogen and oxygen atoms in total. The van der Waals surface area contributed by atoms with E-state index in [1.165, 1.54) is 65.6 Å². The van der Waals surface area contributed by atoms with Gasteiger partial charge in [-0.1, -0.05) is 25.0 Å². The third-order valence-electron chi connectivity index (χ3n) is 7.25. The Kier molecular flexibility index (Phi) is 10.2. The summed E-state index contributed by atoms with van der Waals surface area (Å²) in [6.07, 6.45) is 3.72. The topological polar surface area (TPSA) is 96.0 Å². The monoisotopic (exact) mass is 599 g/mol. The Balaban J connectivity index is 1.67. The van der Waals surface area contributed by atoms with E-state index in [9.17, 15) is 26.8 Å². The summed E-state index contributed by atoms with van der Waals surface area (Å²) in [7, 11) is -4.31. The molecule has 2 amide bonds. The van der Waals surface area contributed by atoms with Crippen LogP contribution in [0.2, 0.25) is 0 Å². The number of carbonyl (C=O) groups excluding carboxylic acids is 2. The van der Waals surface area contributed by atoms with Gasteiger partial charge < -0.3 is 15.0 Å². The molecule has 1 saturated carbocycles. The molecule has 1 fully saturated rings. The van der Waals surface area contributed by atoms with Gasteiger partial charge in [0.2, 0.25) is 11.8 Å². The molecule has 0 radical (unpaired) electrons. The van der Waals surface area contributed by atoms with Crippen LogP contribution < -0.4 is 14.4 Å². The van der Waals surface area contributed by atoms with E-state index in [1.54, 1.807) is 13.8 Å². The summed E-state index contributed by atoms with van der Waals surface area (Å²) in [5, 5.41) is 2.99.